The van der Waals surface area contributed by atoms with E-state index in [9.17, 15) is 22.4 Å². The lowest BCUT2D eigenvalue weighted by Crippen LogP contribution is -2.20. The third kappa shape index (κ3) is 4.09. The molecule has 0 fully saturated rings. The Morgan fingerprint density at radius 2 is 1.70 bits per heavy atom. The number of alkyl halides is 3. The van der Waals surface area contributed by atoms with Crippen LogP contribution < -0.4 is 10.6 Å². The van der Waals surface area contributed by atoms with E-state index >= 15 is 0 Å². The molecule has 0 radical (unpaired) electrons. The van der Waals surface area contributed by atoms with E-state index in [4.69, 9.17) is 0 Å². The van der Waals surface area contributed by atoms with Crippen LogP contribution >= 0.6 is 0 Å². The van der Waals surface area contributed by atoms with Crippen molar-refractivity contribution in [2.24, 2.45) is 0 Å². The second-order valence-electron chi connectivity index (χ2n) is 6.48. The lowest BCUT2D eigenvalue weighted by Gasteiger charge is -2.11. The number of H-pyrrole nitrogens is 1. The number of nitrogens with one attached hydrogen (secondary N) is 3. The number of carbonyl (C=O) groups excluding carboxylic acids is 1. The second-order valence-corrected chi connectivity index (χ2v) is 6.48. The molecule has 2 aromatic carbocycles. The van der Waals surface area contributed by atoms with Crippen LogP contribution in [0.1, 0.15) is 5.56 Å². The summed E-state index contributed by atoms with van der Waals surface area (Å²) in [4.78, 5) is 19.4. The fourth-order valence-electron chi connectivity index (χ4n) is 3.05. The summed E-state index contributed by atoms with van der Waals surface area (Å²) >= 11 is 0. The normalized spacial score (nSPS) is 11.5. The van der Waals surface area contributed by atoms with Gasteiger partial charge in [-0.1, -0.05) is 12.1 Å². The van der Waals surface area contributed by atoms with Crippen LogP contribution in [-0.4, -0.2) is 16.0 Å². The van der Waals surface area contributed by atoms with Crippen LogP contribution in [0.15, 0.2) is 67.0 Å². The van der Waals surface area contributed by atoms with Crippen molar-refractivity contribution in [3.05, 3.63) is 78.4 Å². The first-order valence-electron chi connectivity index (χ1n) is 8.78. The molecule has 3 N–H and O–H groups in total. The SMILES string of the molecule is O=C(Nc1ccc(-c2c[nH]c3ncccc23)cc1)Nc1cc(F)cc(C(F)(F)F)c1. The highest BCUT2D eigenvalue weighted by atomic mass is 19.4. The number of aromatic nitrogens is 2. The Labute approximate surface area is 167 Å². The van der Waals surface area contributed by atoms with E-state index < -0.39 is 23.6 Å². The molecule has 4 aromatic rings. The summed E-state index contributed by atoms with van der Waals surface area (Å²) in [6, 6.07) is 11.7. The van der Waals surface area contributed by atoms with E-state index in [2.05, 4.69) is 20.6 Å². The van der Waals surface area contributed by atoms with Crippen LogP contribution in [0.2, 0.25) is 0 Å². The zero-order valence-corrected chi connectivity index (χ0v) is 15.2. The quantitative estimate of drug-likeness (QED) is 0.358. The number of benzene rings is 2. The summed E-state index contributed by atoms with van der Waals surface area (Å²) in [6.07, 6.45) is -1.21. The molecule has 2 aromatic heterocycles. The lowest BCUT2D eigenvalue weighted by atomic mass is 10.1. The Kier molecular flexibility index (Phi) is 4.86. The van der Waals surface area contributed by atoms with Gasteiger partial charge in [0.15, 0.2) is 0 Å². The lowest BCUT2D eigenvalue weighted by molar-refractivity contribution is -0.137. The third-order valence-electron chi connectivity index (χ3n) is 4.39. The number of anilines is 2. The maximum Gasteiger partial charge on any atom is 0.416 e. The van der Waals surface area contributed by atoms with Gasteiger partial charge in [0.25, 0.3) is 0 Å². The predicted molar refractivity (Wildman–Crippen MR) is 106 cm³/mol. The third-order valence-corrected chi connectivity index (χ3v) is 4.39. The predicted octanol–water partition coefficient (Wildman–Crippen LogP) is 6.03. The first-order chi connectivity index (χ1) is 14.3. The van der Waals surface area contributed by atoms with E-state index in [1.165, 1.54) is 0 Å². The fraction of sp³-hybridized carbons (Fsp3) is 0.0476. The minimum absolute atomic E-state index is 0.303. The van der Waals surface area contributed by atoms with Crippen LogP contribution in [0.4, 0.5) is 33.7 Å². The molecule has 0 aliphatic heterocycles. The van der Waals surface area contributed by atoms with Gasteiger partial charge in [-0.2, -0.15) is 13.2 Å². The van der Waals surface area contributed by atoms with Gasteiger partial charge in [-0.05, 0) is 48.0 Å². The van der Waals surface area contributed by atoms with Crippen molar-refractivity contribution in [1.29, 1.82) is 0 Å². The summed E-state index contributed by atoms with van der Waals surface area (Å²) in [6.45, 7) is 0. The number of hydrogen-bond donors (Lipinski definition) is 3. The molecular formula is C21H14F4N4O. The van der Waals surface area contributed by atoms with Gasteiger partial charge in [0.1, 0.15) is 11.5 Å². The Bertz CT molecular complexity index is 1220. The number of fused-ring (bicyclic) bond motifs is 1. The summed E-state index contributed by atoms with van der Waals surface area (Å²) in [7, 11) is 0. The Balaban J connectivity index is 1.47. The van der Waals surface area contributed by atoms with E-state index in [1.807, 2.05) is 18.3 Å². The van der Waals surface area contributed by atoms with E-state index in [0.29, 0.717) is 17.8 Å². The van der Waals surface area contributed by atoms with Gasteiger partial charge in [0.05, 0.1) is 5.56 Å². The minimum atomic E-state index is -4.72. The van der Waals surface area contributed by atoms with E-state index in [0.717, 1.165) is 28.2 Å². The highest BCUT2D eigenvalue weighted by molar-refractivity contribution is 6.00. The molecule has 5 nitrogen and oxygen atoms in total. The molecule has 30 heavy (non-hydrogen) atoms. The van der Waals surface area contributed by atoms with Crippen molar-refractivity contribution in [2.45, 2.75) is 6.18 Å². The summed E-state index contributed by atoms with van der Waals surface area (Å²) in [5.41, 5.74) is 1.51. The number of rotatable bonds is 3. The van der Waals surface area contributed by atoms with Crippen molar-refractivity contribution in [3.8, 4) is 11.1 Å². The number of amides is 2. The summed E-state index contributed by atoms with van der Waals surface area (Å²) in [5, 5.41) is 5.66. The average Bonchev–Trinajstić information content (AvgIpc) is 3.11. The van der Waals surface area contributed by atoms with Crippen molar-refractivity contribution in [1.82, 2.24) is 9.97 Å². The molecule has 2 heterocycles. The number of nitrogens with zero attached hydrogens (tertiary/aromatic N) is 1. The van der Waals surface area contributed by atoms with Crippen LogP contribution in [0, 0.1) is 5.82 Å². The molecule has 0 aliphatic rings. The standard InChI is InChI=1S/C21H14F4N4O/c22-14-8-13(21(23,24)25)9-16(10-14)29-20(30)28-15-5-3-12(4-6-15)18-11-27-19-17(18)2-1-7-26-19/h1-11H,(H,26,27)(H2,28,29,30). The zero-order valence-electron chi connectivity index (χ0n) is 15.2. The average molecular weight is 414 g/mol. The molecule has 0 unspecified atom stereocenters. The molecular weight excluding hydrogens is 400 g/mol. The van der Waals surface area contributed by atoms with Gasteiger partial charge < -0.3 is 15.6 Å². The summed E-state index contributed by atoms with van der Waals surface area (Å²) < 4.78 is 51.8. The van der Waals surface area contributed by atoms with Crippen molar-refractivity contribution in [2.75, 3.05) is 10.6 Å². The van der Waals surface area contributed by atoms with Crippen LogP contribution in [0.5, 0.6) is 0 Å². The maximum absolute atomic E-state index is 13.4. The number of halogens is 4. The van der Waals surface area contributed by atoms with E-state index in [-0.39, 0.29) is 5.69 Å². The Hall–Kier alpha value is -3.88. The van der Waals surface area contributed by atoms with Crippen molar-refractivity contribution in [3.63, 3.8) is 0 Å². The topological polar surface area (TPSA) is 69.8 Å². The van der Waals surface area contributed by atoms with Gasteiger partial charge in [0.2, 0.25) is 0 Å². The maximum atomic E-state index is 13.4. The molecule has 0 saturated carbocycles. The van der Waals surface area contributed by atoms with Crippen molar-refractivity contribution >= 4 is 28.4 Å². The molecule has 4 rings (SSSR count). The van der Waals surface area contributed by atoms with E-state index in [1.54, 1.807) is 30.5 Å². The monoisotopic (exact) mass is 414 g/mol. The highest BCUT2D eigenvalue weighted by Gasteiger charge is 2.31. The summed E-state index contributed by atoms with van der Waals surface area (Å²) in [5.74, 6) is -1.10. The smallest absolute Gasteiger partial charge is 0.346 e. The molecule has 0 spiro atoms. The Morgan fingerprint density at radius 1 is 0.967 bits per heavy atom. The number of urea groups is 1. The fourth-order valence-corrected chi connectivity index (χ4v) is 3.05. The van der Waals surface area contributed by atoms with Crippen LogP contribution in [0.3, 0.4) is 0 Å². The van der Waals surface area contributed by atoms with Crippen LogP contribution in [-0.2, 0) is 6.18 Å². The van der Waals surface area contributed by atoms with Gasteiger partial charge in [0, 0.05) is 34.7 Å². The largest absolute Gasteiger partial charge is 0.416 e. The Morgan fingerprint density at radius 3 is 2.43 bits per heavy atom. The molecule has 9 heteroatoms. The van der Waals surface area contributed by atoms with Crippen LogP contribution in [0.25, 0.3) is 22.2 Å². The van der Waals surface area contributed by atoms with Gasteiger partial charge in [-0.3, -0.25) is 0 Å². The number of pyridine rings is 1. The first kappa shape index (κ1) is 19.4. The number of aromatic amines is 1. The highest BCUT2D eigenvalue weighted by Crippen LogP contribution is 2.32. The van der Waals surface area contributed by atoms with Crippen molar-refractivity contribution < 1.29 is 22.4 Å². The minimum Gasteiger partial charge on any atom is -0.346 e. The molecule has 152 valence electrons. The van der Waals surface area contributed by atoms with Gasteiger partial charge in [-0.25, -0.2) is 14.2 Å². The van der Waals surface area contributed by atoms with Gasteiger partial charge >= 0.3 is 12.2 Å². The van der Waals surface area contributed by atoms with Gasteiger partial charge in [-0.15, -0.1) is 0 Å². The molecule has 0 saturated heterocycles. The first-order valence-corrected chi connectivity index (χ1v) is 8.78. The molecule has 0 bridgehead atoms. The molecule has 0 atom stereocenters. The second kappa shape index (κ2) is 7.51. The molecule has 0 aliphatic carbocycles. The number of hydrogen-bond acceptors (Lipinski definition) is 2. The molecule has 2 amide bonds. The number of carbonyl (C=O) groups is 1. The zero-order chi connectivity index (χ0) is 21.3.